The molecular formula is C11H13Br2N3O2. The molecule has 4 N–H and O–H groups in total. The van der Waals surface area contributed by atoms with Gasteiger partial charge in [0.05, 0.1) is 6.04 Å². The number of halogens is 2. The lowest BCUT2D eigenvalue weighted by molar-refractivity contribution is 0.0945. The number of amidine groups is 1. The highest BCUT2D eigenvalue weighted by molar-refractivity contribution is 9.11. The lowest BCUT2D eigenvalue weighted by Crippen LogP contribution is -2.44. The molecule has 0 aliphatic heterocycles. The van der Waals surface area contributed by atoms with Crippen molar-refractivity contribution in [3.63, 3.8) is 0 Å². The molecule has 0 heterocycles. The van der Waals surface area contributed by atoms with Gasteiger partial charge in [-0.2, -0.15) is 0 Å². The van der Waals surface area contributed by atoms with E-state index in [2.05, 4.69) is 42.3 Å². The summed E-state index contributed by atoms with van der Waals surface area (Å²) < 4.78 is 1.58. The Hall–Kier alpha value is -1.08. The van der Waals surface area contributed by atoms with Crippen molar-refractivity contribution in [3.8, 4) is 0 Å². The average Bonchev–Trinajstić information content (AvgIpc) is 2.33. The molecule has 0 saturated heterocycles. The topological polar surface area (TPSA) is 87.7 Å². The van der Waals surface area contributed by atoms with Gasteiger partial charge in [-0.3, -0.25) is 4.79 Å². The minimum Gasteiger partial charge on any atom is -0.409 e. The van der Waals surface area contributed by atoms with Crippen molar-refractivity contribution < 1.29 is 10.0 Å². The first-order chi connectivity index (χ1) is 8.47. The lowest BCUT2D eigenvalue weighted by Gasteiger charge is -2.15. The summed E-state index contributed by atoms with van der Waals surface area (Å²) in [5.74, 6) is -0.296. The summed E-state index contributed by atoms with van der Waals surface area (Å²) in [5.41, 5.74) is 5.97. The quantitative estimate of drug-likeness (QED) is 0.325. The van der Waals surface area contributed by atoms with Gasteiger partial charge in [-0.1, -0.05) is 43.9 Å². The van der Waals surface area contributed by atoms with E-state index < -0.39 is 6.04 Å². The van der Waals surface area contributed by atoms with Crippen LogP contribution in [0.15, 0.2) is 32.3 Å². The van der Waals surface area contributed by atoms with Gasteiger partial charge in [-0.05, 0) is 24.6 Å². The summed E-state index contributed by atoms with van der Waals surface area (Å²) in [4.78, 5) is 12.0. The molecule has 7 heteroatoms. The fourth-order valence-electron chi connectivity index (χ4n) is 1.38. The summed E-state index contributed by atoms with van der Waals surface area (Å²) in [6.07, 6.45) is 0.538. The van der Waals surface area contributed by atoms with Crippen molar-refractivity contribution in [1.29, 1.82) is 0 Å². The van der Waals surface area contributed by atoms with Gasteiger partial charge in [0.25, 0.3) is 5.91 Å². The minimum atomic E-state index is -0.486. The largest absolute Gasteiger partial charge is 0.409 e. The average molecular weight is 379 g/mol. The SMILES string of the molecule is CCC(NC(=O)c1cc(Br)cc(Br)c1)/C(N)=N/O. The second-order valence-electron chi connectivity index (χ2n) is 3.62. The van der Waals surface area contributed by atoms with E-state index in [0.29, 0.717) is 12.0 Å². The van der Waals surface area contributed by atoms with E-state index in [9.17, 15) is 4.79 Å². The highest BCUT2D eigenvalue weighted by Gasteiger charge is 2.16. The van der Waals surface area contributed by atoms with Crippen LogP contribution in [0.4, 0.5) is 0 Å². The Balaban J connectivity index is 2.87. The molecule has 1 aromatic carbocycles. The normalized spacial score (nSPS) is 13.2. The molecule has 98 valence electrons. The molecule has 0 fully saturated rings. The summed E-state index contributed by atoms with van der Waals surface area (Å²) in [6, 6.07) is 4.73. The maximum atomic E-state index is 12.0. The summed E-state index contributed by atoms with van der Waals surface area (Å²) in [7, 11) is 0. The van der Waals surface area contributed by atoms with Crippen molar-refractivity contribution in [2.75, 3.05) is 0 Å². The highest BCUT2D eigenvalue weighted by atomic mass is 79.9. The number of benzene rings is 1. The van der Waals surface area contributed by atoms with Crippen LogP contribution in [0.3, 0.4) is 0 Å². The molecule has 0 saturated carbocycles. The number of oxime groups is 1. The standard InChI is InChI=1S/C11H13Br2N3O2/c1-2-9(10(14)16-18)15-11(17)6-3-7(12)5-8(13)4-6/h3-5,9,18H,2H2,1H3,(H2,14,16)(H,15,17). The fourth-order valence-corrected chi connectivity index (χ4v) is 2.68. The van der Waals surface area contributed by atoms with E-state index in [1.165, 1.54) is 0 Å². The van der Waals surface area contributed by atoms with Crippen LogP contribution in [0.25, 0.3) is 0 Å². The van der Waals surface area contributed by atoms with Crippen LogP contribution >= 0.6 is 31.9 Å². The maximum Gasteiger partial charge on any atom is 0.251 e. The number of rotatable bonds is 4. The van der Waals surface area contributed by atoms with Gasteiger partial charge in [0, 0.05) is 14.5 Å². The molecule has 0 radical (unpaired) electrons. The molecule has 1 rings (SSSR count). The van der Waals surface area contributed by atoms with E-state index in [1.807, 2.05) is 13.0 Å². The van der Waals surface area contributed by atoms with Gasteiger partial charge in [0.1, 0.15) is 0 Å². The molecule has 1 atom stereocenters. The number of amides is 1. The number of carbonyl (C=O) groups is 1. The number of nitrogens with two attached hydrogens (primary N) is 1. The molecule has 0 bridgehead atoms. The van der Waals surface area contributed by atoms with Crippen LogP contribution < -0.4 is 11.1 Å². The molecule has 0 spiro atoms. The predicted molar refractivity (Wildman–Crippen MR) is 76.8 cm³/mol. The Kier molecular flexibility index (Phi) is 5.61. The molecule has 18 heavy (non-hydrogen) atoms. The summed E-state index contributed by atoms with van der Waals surface area (Å²) in [6.45, 7) is 1.83. The molecular weight excluding hydrogens is 366 g/mol. The Morgan fingerprint density at radius 1 is 1.44 bits per heavy atom. The minimum absolute atomic E-state index is 0.0140. The van der Waals surface area contributed by atoms with Crippen molar-refractivity contribution in [3.05, 3.63) is 32.7 Å². The van der Waals surface area contributed by atoms with E-state index >= 15 is 0 Å². The van der Waals surface area contributed by atoms with Crippen molar-refractivity contribution in [1.82, 2.24) is 5.32 Å². The summed E-state index contributed by atoms with van der Waals surface area (Å²) >= 11 is 6.62. The highest BCUT2D eigenvalue weighted by Crippen LogP contribution is 2.20. The molecule has 0 aromatic heterocycles. The first-order valence-corrected chi connectivity index (χ1v) is 6.81. The van der Waals surface area contributed by atoms with Crippen molar-refractivity contribution >= 4 is 43.6 Å². The number of hydrogen-bond donors (Lipinski definition) is 3. The first kappa shape index (κ1) is 15.0. The van der Waals surface area contributed by atoms with Gasteiger partial charge in [-0.15, -0.1) is 0 Å². The maximum absolute atomic E-state index is 12.0. The fraction of sp³-hybridized carbons (Fsp3) is 0.273. The number of hydrogen-bond acceptors (Lipinski definition) is 3. The van der Waals surface area contributed by atoms with Crippen LogP contribution in [0.1, 0.15) is 23.7 Å². The molecule has 5 nitrogen and oxygen atoms in total. The number of nitrogens with one attached hydrogen (secondary N) is 1. The Labute approximate surface area is 122 Å². The van der Waals surface area contributed by atoms with Crippen LogP contribution in [-0.4, -0.2) is 23.0 Å². The molecule has 1 unspecified atom stereocenters. The predicted octanol–water partition coefficient (Wildman–Crippen LogP) is 2.47. The van der Waals surface area contributed by atoms with E-state index in [4.69, 9.17) is 10.9 Å². The van der Waals surface area contributed by atoms with Gasteiger partial charge >= 0.3 is 0 Å². The second kappa shape index (κ2) is 6.75. The molecule has 0 aliphatic rings. The Morgan fingerprint density at radius 2 is 2.00 bits per heavy atom. The molecule has 1 amide bonds. The Morgan fingerprint density at radius 3 is 2.44 bits per heavy atom. The van der Waals surface area contributed by atoms with E-state index in [-0.39, 0.29) is 11.7 Å². The van der Waals surface area contributed by atoms with Crippen LogP contribution in [0.2, 0.25) is 0 Å². The molecule has 0 aliphatic carbocycles. The zero-order valence-corrected chi connectivity index (χ0v) is 12.8. The summed E-state index contributed by atoms with van der Waals surface area (Å²) in [5, 5.41) is 14.2. The third kappa shape index (κ3) is 3.99. The van der Waals surface area contributed by atoms with Crippen molar-refractivity contribution in [2.24, 2.45) is 10.9 Å². The zero-order chi connectivity index (χ0) is 13.7. The lowest BCUT2D eigenvalue weighted by atomic mass is 10.1. The third-order valence-corrected chi connectivity index (χ3v) is 3.23. The monoisotopic (exact) mass is 377 g/mol. The van der Waals surface area contributed by atoms with E-state index in [0.717, 1.165) is 8.95 Å². The van der Waals surface area contributed by atoms with E-state index in [1.54, 1.807) is 12.1 Å². The second-order valence-corrected chi connectivity index (χ2v) is 5.45. The van der Waals surface area contributed by atoms with Crippen molar-refractivity contribution in [2.45, 2.75) is 19.4 Å². The van der Waals surface area contributed by atoms with Crippen LogP contribution in [0, 0.1) is 0 Å². The van der Waals surface area contributed by atoms with Gasteiger partial charge in [0.15, 0.2) is 5.84 Å². The van der Waals surface area contributed by atoms with Crippen LogP contribution in [0.5, 0.6) is 0 Å². The third-order valence-electron chi connectivity index (χ3n) is 2.31. The molecule has 1 aromatic rings. The first-order valence-electron chi connectivity index (χ1n) is 5.22. The smallest absolute Gasteiger partial charge is 0.251 e. The van der Waals surface area contributed by atoms with Crippen LogP contribution in [-0.2, 0) is 0 Å². The Bertz CT molecular complexity index is 457. The zero-order valence-electron chi connectivity index (χ0n) is 9.65. The van der Waals surface area contributed by atoms with Gasteiger partial charge in [0.2, 0.25) is 0 Å². The number of carbonyl (C=O) groups excluding carboxylic acids is 1. The van der Waals surface area contributed by atoms with Gasteiger partial charge < -0.3 is 16.3 Å². The number of nitrogens with zero attached hydrogens (tertiary/aromatic N) is 1. The van der Waals surface area contributed by atoms with Gasteiger partial charge in [-0.25, -0.2) is 0 Å².